The number of nitrogens with one attached hydrogen (secondary N) is 1. The van der Waals surface area contributed by atoms with Crippen LogP contribution < -0.4 is 5.32 Å². The van der Waals surface area contributed by atoms with E-state index in [9.17, 15) is 10.2 Å². The number of hydrogen-bond acceptors (Lipinski definition) is 3. The smallest absolute Gasteiger partial charge is 0.135 e. The fraction of sp³-hybridized carbons (Fsp3) is 0.538. The third-order valence-corrected chi connectivity index (χ3v) is 5.43. The van der Waals surface area contributed by atoms with Crippen molar-refractivity contribution in [2.24, 2.45) is 0 Å². The standard InChI is InChI=1S/C13H17Br2NO2/c14-11-6-1-8(13(18)12(11)15)7-16-9-2-4-10(17)5-3-9/h1,6,9-10,16-18H,2-5,7H2/t9-,10-. The number of phenolic OH excluding ortho intramolecular Hbond substituents is 1. The van der Waals surface area contributed by atoms with Crippen molar-refractivity contribution in [1.29, 1.82) is 0 Å². The summed E-state index contributed by atoms with van der Waals surface area (Å²) in [7, 11) is 0. The third kappa shape index (κ3) is 3.47. The Morgan fingerprint density at radius 3 is 2.50 bits per heavy atom. The highest BCUT2D eigenvalue weighted by Crippen LogP contribution is 2.34. The molecule has 1 fully saturated rings. The summed E-state index contributed by atoms with van der Waals surface area (Å²) in [4.78, 5) is 0. The van der Waals surface area contributed by atoms with E-state index in [1.54, 1.807) is 0 Å². The molecule has 0 bridgehead atoms. The fourth-order valence-corrected chi connectivity index (χ4v) is 2.96. The van der Waals surface area contributed by atoms with Gasteiger partial charge >= 0.3 is 0 Å². The molecule has 0 saturated heterocycles. The van der Waals surface area contributed by atoms with Gasteiger partial charge in [0, 0.05) is 22.6 Å². The topological polar surface area (TPSA) is 52.5 Å². The lowest BCUT2D eigenvalue weighted by Crippen LogP contribution is -2.34. The molecule has 0 unspecified atom stereocenters. The number of aliphatic hydroxyl groups excluding tert-OH is 1. The predicted molar refractivity (Wildman–Crippen MR) is 78.6 cm³/mol. The molecule has 1 aliphatic carbocycles. The molecule has 3 nitrogen and oxygen atoms in total. The van der Waals surface area contributed by atoms with Crippen LogP contribution in [0.5, 0.6) is 5.75 Å². The molecule has 0 atom stereocenters. The van der Waals surface area contributed by atoms with Gasteiger partial charge in [0.1, 0.15) is 5.75 Å². The van der Waals surface area contributed by atoms with Crippen LogP contribution in [0.4, 0.5) is 0 Å². The molecule has 0 amide bonds. The van der Waals surface area contributed by atoms with Crippen molar-refractivity contribution < 1.29 is 10.2 Å². The van der Waals surface area contributed by atoms with Crippen molar-refractivity contribution in [3.05, 3.63) is 26.6 Å². The van der Waals surface area contributed by atoms with Crippen LogP contribution in [0.25, 0.3) is 0 Å². The van der Waals surface area contributed by atoms with E-state index in [0.717, 1.165) is 35.7 Å². The number of rotatable bonds is 3. The van der Waals surface area contributed by atoms with Crippen LogP contribution in [0.15, 0.2) is 21.1 Å². The Kier molecular flexibility index (Phi) is 5.06. The molecule has 3 N–H and O–H groups in total. The SMILES string of the molecule is Oc1c(CN[C@H]2CC[C@H](O)CC2)ccc(Br)c1Br. The second-order valence-corrected chi connectivity index (χ2v) is 6.40. The highest BCUT2D eigenvalue weighted by atomic mass is 79.9. The van der Waals surface area contributed by atoms with Crippen LogP contribution in [-0.2, 0) is 6.54 Å². The van der Waals surface area contributed by atoms with Gasteiger partial charge in [-0.2, -0.15) is 0 Å². The number of aliphatic hydroxyl groups is 1. The van der Waals surface area contributed by atoms with Gasteiger partial charge in [-0.25, -0.2) is 0 Å². The molecule has 1 saturated carbocycles. The number of benzene rings is 1. The molecule has 1 aliphatic rings. The summed E-state index contributed by atoms with van der Waals surface area (Å²) in [5.41, 5.74) is 0.885. The molecule has 5 heteroatoms. The van der Waals surface area contributed by atoms with Gasteiger partial charge in [-0.1, -0.05) is 6.07 Å². The molecule has 1 aromatic carbocycles. The summed E-state index contributed by atoms with van der Waals surface area (Å²) in [5, 5.41) is 22.9. The summed E-state index contributed by atoms with van der Waals surface area (Å²) in [6, 6.07) is 4.27. The number of hydrogen-bond donors (Lipinski definition) is 3. The Morgan fingerprint density at radius 2 is 1.83 bits per heavy atom. The minimum Gasteiger partial charge on any atom is -0.506 e. The maximum atomic E-state index is 9.99. The van der Waals surface area contributed by atoms with E-state index >= 15 is 0 Å². The van der Waals surface area contributed by atoms with E-state index in [2.05, 4.69) is 37.2 Å². The van der Waals surface area contributed by atoms with Crippen molar-refractivity contribution in [3.8, 4) is 5.75 Å². The van der Waals surface area contributed by atoms with Gasteiger partial charge in [0.25, 0.3) is 0 Å². The quantitative estimate of drug-likeness (QED) is 0.756. The summed E-state index contributed by atoms with van der Waals surface area (Å²) in [6.45, 7) is 0.651. The van der Waals surface area contributed by atoms with Gasteiger partial charge in [-0.3, -0.25) is 0 Å². The van der Waals surface area contributed by atoms with Crippen molar-refractivity contribution in [3.63, 3.8) is 0 Å². The summed E-state index contributed by atoms with van der Waals surface area (Å²) in [5.74, 6) is 0.285. The Labute approximate surface area is 124 Å². The van der Waals surface area contributed by atoms with Gasteiger partial charge < -0.3 is 15.5 Å². The molecule has 0 radical (unpaired) electrons. The molecule has 2 rings (SSSR count). The first-order valence-electron chi connectivity index (χ1n) is 6.15. The first-order chi connectivity index (χ1) is 8.58. The Morgan fingerprint density at radius 1 is 1.17 bits per heavy atom. The monoisotopic (exact) mass is 377 g/mol. The van der Waals surface area contributed by atoms with Crippen LogP contribution in [0.3, 0.4) is 0 Å². The minimum absolute atomic E-state index is 0.127. The molecular weight excluding hydrogens is 362 g/mol. The van der Waals surface area contributed by atoms with Crippen LogP contribution in [-0.4, -0.2) is 22.4 Å². The van der Waals surface area contributed by atoms with Crippen LogP contribution >= 0.6 is 31.9 Å². The number of phenols is 1. The molecule has 0 aromatic heterocycles. The average Bonchev–Trinajstić information content (AvgIpc) is 2.37. The lowest BCUT2D eigenvalue weighted by atomic mass is 9.93. The highest BCUT2D eigenvalue weighted by Gasteiger charge is 2.19. The van der Waals surface area contributed by atoms with Crippen LogP contribution in [0.1, 0.15) is 31.2 Å². The zero-order valence-electron chi connectivity index (χ0n) is 10.00. The maximum absolute atomic E-state index is 9.99. The Balaban J connectivity index is 1.92. The Bertz CT molecular complexity index is 418. The predicted octanol–water partition coefficient (Wildman–Crippen LogP) is 3.31. The van der Waals surface area contributed by atoms with Gasteiger partial charge in [0.15, 0.2) is 0 Å². The average molecular weight is 379 g/mol. The molecular formula is C13H17Br2NO2. The zero-order chi connectivity index (χ0) is 13.1. The van der Waals surface area contributed by atoms with Gasteiger partial charge in [-0.05, 0) is 63.6 Å². The van der Waals surface area contributed by atoms with E-state index in [1.807, 2.05) is 12.1 Å². The Hall–Kier alpha value is -0.100. The summed E-state index contributed by atoms with van der Waals surface area (Å²) in [6.07, 6.45) is 3.61. The van der Waals surface area contributed by atoms with Gasteiger partial charge in [0.2, 0.25) is 0 Å². The molecule has 1 aromatic rings. The third-order valence-electron chi connectivity index (χ3n) is 3.43. The second-order valence-electron chi connectivity index (χ2n) is 4.76. The summed E-state index contributed by atoms with van der Waals surface area (Å²) < 4.78 is 1.55. The highest BCUT2D eigenvalue weighted by molar-refractivity contribution is 9.13. The second kappa shape index (κ2) is 6.37. The molecule has 0 heterocycles. The minimum atomic E-state index is -0.127. The fourth-order valence-electron chi connectivity index (χ4n) is 2.26. The maximum Gasteiger partial charge on any atom is 0.135 e. The van der Waals surface area contributed by atoms with Crippen LogP contribution in [0.2, 0.25) is 0 Å². The van der Waals surface area contributed by atoms with Crippen molar-refractivity contribution in [1.82, 2.24) is 5.32 Å². The van der Waals surface area contributed by atoms with E-state index in [-0.39, 0.29) is 11.9 Å². The molecule has 0 aliphatic heterocycles. The number of aromatic hydroxyl groups is 1. The van der Waals surface area contributed by atoms with E-state index in [4.69, 9.17) is 0 Å². The molecule has 0 spiro atoms. The normalized spacial score (nSPS) is 24.2. The first-order valence-corrected chi connectivity index (χ1v) is 7.74. The first kappa shape index (κ1) is 14.3. The van der Waals surface area contributed by atoms with Crippen molar-refractivity contribution in [2.75, 3.05) is 0 Å². The van der Waals surface area contributed by atoms with Crippen molar-refractivity contribution in [2.45, 2.75) is 44.4 Å². The molecule has 18 heavy (non-hydrogen) atoms. The van der Waals surface area contributed by atoms with E-state index in [0.29, 0.717) is 17.1 Å². The van der Waals surface area contributed by atoms with Crippen molar-refractivity contribution >= 4 is 31.9 Å². The largest absolute Gasteiger partial charge is 0.506 e. The number of halogens is 2. The van der Waals surface area contributed by atoms with Crippen LogP contribution in [0, 0.1) is 0 Å². The molecule has 100 valence electrons. The van der Waals surface area contributed by atoms with Gasteiger partial charge in [0.05, 0.1) is 10.6 Å². The van der Waals surface area contributed by atoms with Gasteiger partial charge in [-0.15, -0.1) is 0 Å². The lowest BCUT2D eigenvalue weighted by molar-refractivity contribution is 0.116. The lowest BCUT2D eigenvalue weighted by Gasteiger charge is -2.26. The van der Waals surface area contributed by atoms with E-state index in [1.165, 1.54) is 0 Å². The zero-order valence-corrected chi connectivity index (χ0v) is 13.2. The summed E-state index contributed by atoms with van der Waals surface area (Å²) >= 11 is 6.71. The van der Waals surface area contributed by atoms with E-state index < -0.39 is 0 Å².